The Labute approximate surface area is 113 Å². The van der Waals surface area contributed by atoms with Crippen molar-refractivity contribution in [2.75, 3.05) is 11.9 Å². The molecule has 0 aliphatic carbocycles. The molecule has 0 fully saturated rings. The monoisotopic (exact) mass is 283 g/mol. The van der Waals surface area contributed by atoms with Gasteiger partial charge in [-0.15, -0.1) is 0 Å². The van der Waals surface area contributed by atoms with Gasteiger partial charge in [-0.25, -0.2) is 0 Å². The predicted octanol–water partition coefficient (Wildman–Crippen LogP) is 2.17. The van der Waals surface area contributed by atoms with E-state index in [0.29, 0.717) is 19.4 Å². The Hall–Kier alpha value is -2.71. The zero-order valence-electron chi connectivity index (χ0n) is 10.4. The number of carboxylic acid groups (broad SMARTS) is 1. The molecule has 1 rings (SSSR count). The molecule has 0 spiro atoms. The molecule has 0 aromatic heterocycles. The van der Waals surface area contributed by atoms with Crippen molar-refractivity contribution >= 4 is 23.0 Å². The number of nitrogens with zero attached hydrogens (tertiary/aromatic N) is 2. The number of hydrogen-bond donors (Lipinski definition) is 2. The normalized spacial score (nSPS) is 10.0. The van der Waals surface area contributed by atoms with Crippen LogP contribution in [0.3, 0.4) is 0 Å². The second kappa shape index (κ2) is 7.02. The van der Waals surface area contributed by atoms with Gasteiger partial charge in [0.05, 0.1) is 15.9 Å². The molecule has 108 valence electrons. The van der Waals surface area contributed by atoms with Crippen molar-refractivity contribution in [2.45, 2.75) is 19.3 Å². The number of hydrogen-bond acceptors (Lipinski definition) is 6. The first-order valence-electron chi connectivity index (χ1n) is 5.80. The number of carboxylic acids is 1. The molecule has 0 aliphatic rings. The van der Waals surface area contributed by atoms with E-state index >= 15 is 0 Å². The van der Waals surface area contributed by atoms with Crippen LogP contribution in [0.1, 0.15) is 19.3 Å². The van der Waals surface area contributed by atoms with E-state index in [1.807, 2.05) is 0 Å². The third-order valence-corrected chi connectivity index (χ3v) is 2.52. The number of nitro groups is 2. The van der Waals surface area contributed by atoms with Crippen molar-refractivity contribution in [3.63, 3.8) is 0 Å². The van der Waals surface area contributed by atoms with Crippen molar-refractivity contribution in [3.05, 3.63) is 38.4 Å². The van der Waals surface area contributed by atoms with Gasteiger partial charge in [-0.3, -0.25) is 25.0 Å². The van der Waals surface area contributed by atoms with Gasteiger partial charge >= 0.3 is 5.97 Å². The number of unbranched alkanes of at least 4 members (excludes halogenated alkanes) is 1. The minimum atomic E-state index is -0.897. The van der Waals surface area contributed by atoms with Crippen LogP contribution in [0.2, 0.25) is 0 Å². The number of benzene rings is 1. The van der Waals surface area contributed by atoms with Gasteiger partial charge in [0.2, 0.25) is 0 Å². The van der Waals surface area contributed by atoms with E-state index in [0.717, 1.165) is 6.07 Å². The maximum Gasteiger partial charge on any atom is 0.303 e. The molecule has 9 heteroatoms. The SMILES string of the molecule is O=C(O)CCCCNc1ccc([N+](=O)[O-])cc1[N+](=O)[O-]. The largest absolute Gasteiger partial charge is 0.481 e. The van der Waals surface area contributed by atoms with Crippen molar-refractivity contribution in [2.24, 2.45) is 0 Å². The molecular formula is C11H13N3O6. The zero-order chi connectivity index (χ0) is 15.1. The van der Waals surface area contributed by atoms with E-state index in [1.165, 1.54) is 12.1 Å². The molecule has 0 unspecified atom stereocenters. The highest BCUT2D eigenvalue weighted by molar-refractivity contribution is 5.66. The molecule has 0 bridgehead atoms. The van der Waals surface area contributed by atoms with E-state index in [9.17, 15) is 25.0 Å². The van der Waals surface area contributed by atoms with Gasteiger partial charge in [0, 0.05) is 19.0 Å². The van der Waals surface area contributed by atoms with Crippen LogP contribution in [0, 0.1) is 20.2 Å². The number of rotatable bonds is 8. The minimum Gasteiger partial charge on any atom is -0.481 e. The summed E-state index contributed by atoms with van der Waals surface area (Å²) in [5, 5.41) is 32.6. The van der Waals surface area contributed by atoms with E-state index in [4.69, 9.17) is 5.11 Å². The highest BCUT2D eigenvalue weighted by Gasteiger charge is 2.18. The second-order valence-corrected chi connectivity index (χ2v) is 3.99. The first-order chi connectivity index (χ1) is 9.41. The summed E-state index contributed by atoms with van der Waals surface area (Å²) in [6.45, 7) is 0.353. The number of aliphatic carboxylic acids is 1. The Balaban J connectivity index is 2.67. The standard InChI is InChI=1S/C11H13N3O6/c15-11(16)3-1-2-6-12-9-5-4-8(13(17)18)7-10(9)14(19)20/h4-5,7,12H,1-3,6H2,(H,15,16). The maximum atomic E-state index is 10.8. The van der Waals surface area contributed by atoms with Crippen molar-refractivity contribution in [1.29, 1.82) is 0 Å². The first-order valence-corrected chi connectivity index (χ1v) is 5.80. The summed E-state index contributed by atoms with van der Waals surface area (Å²) in [6.07, 6.45) is 1.01. The van der Waals surface area contributed by atoms with Crippen molar-refractivity contribution in [1.82, 2.24) is 0 Å². The lowest BCUT2D eigenvalue weighted by Crippen LogP contribution is -2.05. The molecule has 1 aromatic carbocycles. The van der Waals surface area contributed by atoms with Crippen LogP contribution in [0.15, 0.2) is 18.2 Å². The summed E-state index contributed by atoms with van der Waals surface area (Å²) in [5.41, 5.74) is -0.554. The molecule has 20 heavy (non-hydrogen) atoms. The highest BCUT2D eigenvalue weighted by Crippen LogP contribution is 2.28. The summed E-state index contributed by atoms with van der Waals surface area (Å²) in [4.78, 5) is 30.3. The average Bonchev–Trinajstić information content (AvgIpc) is 2.37. The highest BCUT2D eigenvalue weighted by atomic mass is 16.6. The van der Waals surface area contributed by atoms with E-state index in [2.05, 4.69) is 5.32 Å². The van der Waals surface area contributed by atoms with Gasteiger partial charge in [-0.2, -0.15) is 0 Å². The van der Waals surface area contributed by atoms with Crippen molar-refractivity contribution < 1.29 is 19.7 Å². The first kappa shape index (κ1) is 15.3. The summed E-state index contributed by atoms with van der Waals surface area (Å²) >= 11 is 0. The summed E-state index contributed by atoms with van der Waals surface area (Å²) in [7, 11) is 0. The van der Waals surface area contributed by atoms with Crippen LogP contribution < -0.4 is 5.32 Å². The fourth-order valence-electron chi connectivity index (χ4n) is 1.56. The lowest BCUT2D eigenvalue weighted by Gasteiger charge is -2.06. The molecule has 2 N–H and O–H groups in total. The van der Waals surface area contributed by atoms with Crippen LogP contribution in [0.5, 0.6) is 0 Å². The van der Waals surface area contributed by atoms with Gasteiger partial charge in [0.15, 0.2) is 0 Å². The summed E-state index contributed by atoms with van der Waals surface area (Å²) in [6, 6.07) is 3.33. The average molecular weight is 283 g/mol. The van der Waals surface area contributed by atoms with Crippen LogP contribution in [-0.2, 0) is 4.79 Å². The molecule has 0 amide bonds. The van der Waals surface area contributed by atoms with Crippen LogP contribution in [0.25, 0.3) is 0 Å². The van der Waals surface area contributed by atoms with E-state index in [-0.39, 0.29) is 23.5 Å². The molecule has 0 aliphatic heterocycles. The third-order valence-electron chi connectivity index (χ3n) is 2.52. The quantitative estimate of drug-likeness (QED) is 0.423. The smallest absolute Gasteiger partial charge is 0.303 e. The topological polar surface area (TPSA) is 136 Å². The molecule has 9 nitrogen and oxygen atoms in total. The molecule has 0 radical (unpaired) electrons. The Morgan fingerprint density at radius 3 is 2.45 bits per heavy atom. The predicted molar refractivity (Wildman–Crippen MR) is 69.7 cm³/mol. The molecule has 0 saturated heterocycles. The number of nitro benzene ring substituents is 2. The van der Waals surface area contributed by atoms with Gasteiger partial charge in [-0.1, -0.05) is 0 Å². The molecule has 0 heterocycles. The Morgan fingerprint density at radius 2 is 1.90 bits per heavy atom. The van der Waals surface area contributed by atoms with Crippen LogP contribution in [0.4, 0.5) is 17.1 Å². The number of carbonyl (C=O) groups is 1. The Kier molecular flexibility index (Phi) is 5.39. The number of anilines is 1. The van der Waals surface area contributed by atoms with Gasteiger partial charge < -0.3 is 10.4 Å². The Bertz CT molecular complexity index is 531. The second-order valence-electron chi connectivity index (χ2n) is 3.99. The number of nitrogens with one attached hydrogen (secondary N) is 1. The minimum absolute atomic E-state index is 0.0318. The molecule has 0 saturated carbocycles. The summed E-state index contributed by atoms with van der Waals surface area (Å²) in [5.74, 6) is -0.897. The van der Waals surface area contributed by atoms with Crippen molar-refractivity contribution in [3.8, 4) is 0 Å². The summed E-state index contributed by atoms with van der Waals surface area (Å²) < 4.78 is 0. The third kappa shape index (κ3) is 4.52. The molecule has 1 aromatic rings. The fourth-order valence-corrected chi connectivity index (χ4v) is 1.56. The lowest BCUT2D eigenvalue weighted by atomic mass is 10.2. The zero-order valence-corrected chi connectivity index (χ0v) is 10.4. The fraction of sp³-hybridized carbons (Fsp3) is 0.364. The Morgan fingerprint density at radius 1 is 1.20 bits per heavy atom. The van der Waals surface area contributed by atoms with Gasteiger partial charge in [0.1, 0.15) is 5.69 Å². The molecule has 0 atom stereocenters. The van der Waals surface area contributed by atoms with E-state index < -0.39 is 15.8 Å². The van der Waals surface area contributed by atoms with Crippen LogP contribution in [-0.4, -0.2) is 27.5 Å². The van der Waals surface area contributed by atoms with Gasteiger partial charge in [0.25, 0.3) is 11.4 Å². The van der Waals surface area contributed by atoms with Gasteiger partial charge in [-0.05, 0) is 18.9 Å². The maximum absolute atomic E-state index is 10.8. The molecular weight excluding hydrogens is 270 g/mol. The number of non-ortho nitro benzene ring substituents is 1. The lowest BCUT2D eigenvalue weighted by molar-refractivity contribution is -0.393. The van der Waals surface area contributed by atoms with Crippen LogP contribution >= 0.6 is 0 Å². The van der Waals surface area contributed by atoms with E-state index in [1.54, 1.807) is 0 Å².